The Morgan fingerprint density at radius 1 is 1.38 bits per heavy atom. The molecule has 0 saturated heterocycles. The smallest absolute Gasteiger partial charge is 0.255 e. The molecule has 0 fully saturated rings. The zero-order chi connectivity index (χ0) is 15.4. The number of hydrogen-bond acceptors (Lipinski definition) is 4. The van der Waals surface area contributed by atoms with E-state index in [0.717, 1.165) is 0 Å². The number of aromatic nitrogens is 2. The predicted octanol–water partition coefficient (Wildman–Crippen LogP) is 3.48. The molecule has 6 heteroatoms. The van der Waals surface area contributed by atoms with Gasteiger partial charge in [0.1, 0.15) is 10.8 Å². The van der Waals surface area contributed by atoms with Gasteiger partial charge in [-0.05, 0) is 45.0 Å². The van der Waals surface area contributed by atoms with E-state index < -0.39 is 0 Å². The first kappa shape index (κ1) is 15.3. The van der Waals surface area contributed by atoms with Gasteiger partial charge in [0.2, 0.25) is 5.88 Å². The van der Waals surface area contributed by atoms with Crippen LogP contribution in [0.3, 0.4) is 0 Å². The van der Waals surface area contributed by atoms with E-state index in [1.54, 1.807) is 31.3 Å². The van der Waals surface area contributed by atoms with Gasteiger partial charge in [0.15, 0.2) is 0 Å². The number of halogens is 1. The fraction of sp³-hybridized carbons (Fsp3) is 0.267. The minimum Gasteiger partial charge on any atom is -0.473 e. The van der Waals surface area contributed by atoms with Crippen LogP contribution in [0, 0.1) is 6.92 Å². The Morgan fingerprint density at radius 2 is 2.14 bits per heavy atom. The van der Waals surface area contributed by atoms with Gasteiger partial charge in [0, 0.05) is 17.5 Å². The van der Waals surface area contributed by atoms with Crippen molar-refractivity contribution in [1.29, 1.82) is 0 Å². The van der Waals surface area contributed by atoms with Gasteiger partial charge in [-0.3, -0.25) is 4.79 Å². The molecule has 2 rings (SSSR count). The highest BCUT2D eigenvalue weighted by atomic mass is 35.5. The van der Waals surface area contributed by atoms with Gasteiger partial charge < -0.3 is 10.1 Å². The fourth-order valence-corrected chi connectivity index (χ4v) is 2.01. The van der Waals surface area contributed by atoms with Crippen LogP contribution in [0.1, 0.15) is 29.9 Å². The number of rotatable bonds is 4. The molecule has 1 N–H and O–H groups in total. The molecule has 0 saturated carbocycles. The second-order valence-electron chi connectivity index (χ2n) is 4.80. The van der Waals surface area contributed by atoms with E-state index in [1.807, 2.05) is 13.8 Å². The van der Waals surface area contributed by atoms with Crippen molar-refractivity contribution in [3.8, 4) is 5.88 Å². The Kier molecular flexibility index (Phi) is 4.75. The SMILES string of the molecule is Cc1cc(C(=O)Nc2cccnc2OC(C)C)cc(Cl)n1. The molecule has 0 aliphatic rings. The molecule has 21 heavy (non-hydrogen) atoms. The summed E-state index contributed by atoms with van der Waals surface area (Å²) in [6, 6.07) is 6.65. The van der Waals surface area contributed by atoms with E-state index >= 15 is 0 Å². The summed E-state index contributed by atoms with van der Waals surface area (Å²) in [5, 5.41) is 3.06. The standard InChI is InChI=1S/C15H16ClN3O2/c1-9(2)21-15-12(5-4-6-17-15)19-14(20)11-7-10(3)18-13(16)8-11/h4-9H,1-3H3,(H,19,20). The van der Waals surface area contributed by atoms with Gasteiger partial charge >= 0.3 is 0 Å². The summed E-state index contributed by atoms with van der Waals surface area (Å²) in [6.07, 6.45) is 1.58. The average molecular weight is 306 g/mol. The van der Waals surface area contributed by atoms with Crippen molar-refractivity contribution < 1.29 is 9.53 Å². The number of nitrogens with one attached hydrogen (secondary N) is 1. The van der Waals surface area contributed by atoms with Crippen molar-refractivity contribution in [3.05, 3.63) is 46.9 Å². The molecule has 110 valence electrons. The molecule has 2 aromatic rings. The molecule has 0 spiro atoms. The maximum atomic E-state index is 12.3. The molecule has 0 aliphatic heterocycles. The van der Waals surface area contributed by atoms with Crippen molar-refractivity contribution in [1.82, 2.24) is 9.97 Å². The molecular weight excluding hydrogens is 290 g/mol. The second-order valence-corrected chi connectivity index (χ2v) is 5.18. The highest BCUT2D eigenvalue weighted by molar-refractivity contribution is 6.29. The van der Waals surface area contributed by atoms with E-state index in [2.05, 4.69) is 15.3 Å². The highest BCUT2D eigenvalue weighted by Gasteiger charge is 2.13. The Morgan fingerprint density at radius 3 is 2.81 bits per heavy atom. The minimum absolute atomic E-state index is 0.0341. The summed E-state index contributed by atoms with van der Waals surface area (Å²) in [5.41, 5.74) is 1.63. The third-order valence-electron chi connectivity index (χ3n) is 2.55. The summed E-state index contributed by atoms with van der Waals surface area (Å²) in [7, 11) is 0. The van der Waals surface area contributed by atoms with Crippen LogP contribution in [0.15, 0.2) is 30.5 Å². The summed E-state index contributed by atoms with van der Waals surface area (Å²) in [4.78, 5) is 20.4. The first-order chi connectivity index (χ1) is 9.95. The minimum atomic E-state index is -0.288. The zero-order valence-corrected chi connectivity index (χ0v) is 12.8. The summed E-state index contributed by atoms with van der Waals surface area (Å²) >= 11 is 5.87. The molecule has 0 aliphatic carbocycles. The van der Waals surface area contributed by atoms with Crippen LogP contribution < -0.4 is 10.1 Å². The number of amides is 1. The van der Waals surface area contributed by atoms with Gasteiger partial charge in [0.25, 0.3) is 5.91 Å². The third-order valence-corrected chi connectivity index (χ3v) is 2.74. The molecule has 0 unspecified atom stereocenters. The number of ether oxygens (including phenoxy) is 1. The van der Waals surface area contributed by atoms with Crippen LogP contribution in [0.25, 0.3) is 0 Å². The van der Waals surface area contributed by atoms with Crippen molar-refractivity contribution in [2.75, 3.05) is 5.32 Å². The number of hydrogen-bond donors (Lipinski definition) is 1. The van der Waals surface area contributed by atoms with Crippen LogP contribution in [-0.4, -0.2) is 22.0 Å². The van der Waals surface area contributed by atoms with E-state index in [0.29, 0.717) is 22.8 Å². The predicted molar refractivity (Wildman–Crippen MR) is 81.9 cm³/mol. The second kappa shape index (κ2) is 6.54. The molecular formula is C15H16ClN3O2. The monoisotopic (exact) mass is 305 g/mol. The van der Waals surface area contributed by atoms with Crippen molar-refractivity contribution in [3.63, 3.8) is 0 Å². The number of aryl methyl sites for hydroxylation is 1. The molecule has 0 atom stereocenters. The number of carbonyl (C=O) groups is 1. The van der Waals surface area contributed by atoms with Crippen LogP contribution in [-0.2, 0) is 0 Å². The molecule has 0 bridgehead atoms. The maximum absolute atomic E-state index is 12.3. The number of carbonyl (C=O) groups excluding carboxylic acids is 1. The molecule has 2 heterocycles. The van der Waals surface area contributed by atoms with Gasteiger partial charge in [-0.2, -0.15) is 0 Å². The fourth-order valence-electron chi connectivity index (χ4n) is 1.76. The van der Waals surface area contributed by atoms with Gasteiger partial charge in [-0.1, -0.05) is 11.6 Å². The molecule has 2 aromatic heterocycles. The Hall–Kier alpha value is -2.14. The van der Waals surface area contributed by atoms with Crippen LogP contribution >= 0.6 is 11.6 Å². The van der Waals surface area contributed by atoms with E-state index in [9.17, 15) is 4.79 Å². The first-order valence-corrected chi connectivity index (χ1v) is 6.90. The van der Waals surface area contributed by atoms with Gasteiger partial charge in [-0.15, -0.1) is 0 Å². The van der Waals surface area contributed by atoms with Gasteiger partial charge in [-0.25, -0.2) is 9.97 Å². The Labute approximate surface area is 128 Å². The average Bonchev–Trinajstić information content (AvgIpc) is 2.39. The lowest BCUT2D eigenvalue weighted by Crippen LogP contribution is -2.15. The maximum Gasteiger partial charge on any atom is 0.255 e. The quantitative estimate of drug-likeness (QED) is 0.878. The molecule has 5 nitrogen and oxygen atoms in total. The number of pyridine rings is 2. The van der Waals surface area contributed by atoms with E-state index in [-0.39, 0.29) is 17.2 Å². The lowest BCUT2D eigenvalue weighted by atomic mass is 10.2. The van der Waals surface area contributed by atoms with Crippen LogP contribution in [0.2, 0.25) is 5.15 Å². The topological polar surface area (TPSA) is 64.1 Å². The van der Waals surface area contributed by atoms with Crippen LogP contribution in [0.5, 0.6) is 5.88 Å². The van der Waals surface area contributed by atoms with Crippen molar-refractivity contribution in [2.45, 2.75) is 26.9 Å². The van der Waals surface area contributed by atoms with Crippen molar-refractivity contribution in [2.24, 2.45) is 0 Å². The van der Waals surface area contributed by atoms with Gasteiger partial charge in [0.05, 0.1) is 6.10 Å². The summed E-state index contributed by atoms with van der Waals surface area (Å²) < 4.78 is 5.57. The third kappa shape index (κ3) is 4.16. The molecule has 1 amide bonds. The summed E-state index contributed by atoms with van der Waals surface area (Å²) in [6.45, 7) is 5.57. The number of nitrogens with zero attached hydrogens (tertiary/aromatic N) is 2. The lowest BCUT2D eigenvalue weighted by Gasteiger charge is -2.13. The normalized spacial score (nSPS) is 10.5. The lowest BCUT2D eigenvalue weighted by molar-refractivity contribution is 0.102. The summed E-state index contributed by atoms with van der Waals surface area (Å²) in [5.74, 6) is 0.0988. The Balaban J connectivity index is 2.23. The first-order valence-electron chi connectivity index (χ1n) is 6.53. The zero-order valence-electron chi connectivity index (χ0n) is 12.1. The Bertz CT molecular complexity index is 639. The molecule has 0 radical (unpaired) electrons. The largest absolute Gasteiger partial charge is 0.473 e. The van der Waals surface area contributed by atoms with Crippen molar-refractivity contribution >= 4 is 23.2 Å². The van der Waals surface area contributed by atoms with E-state index in [1.165, 1.54) is 6.07 Å². The van der Waals surface area contributed by atoms with Crippen LogP contribution in [0.4, 0.5) is 5.69 Å². The number of anilines is 1. The molecule has 0 aromatic carbocycles. The van der Waals surface area contributed by atoms with E-state index in [4.69, 9.17) is 16.3 Å². The highest BCUT2D eigenvalue weighted by Crippen LogP contribution is 2.23.